The van der Waals surface area contributed by atoms with E-state index in [1.807, 2.05) is 0 Å². The van der Waals surface area contributed by atoms with Crippen LogP contribution in [0.25, 0.3) is 44.5 Å². The molecule has 0 N–H and O–H groups in total. The highest BCUT2D eigenvalue weighted by molar-refractivity contribution is 5.84. The summed E-state index contributed by atoms with van der Waals surface area (Å²) < 4.78 is 0. The van der Waals surface area contributed by atoms with Crippen LogP contribution < -0.4 is 0 Å². The molecule has 0 bridgehead atoms. The summed E-state index contributed by atoms with van der Waals surface area (Å²) in [4.78, 5) is 0. The van der Waals surface area contributed by atoms with Crippen molar-refractivity contribution < 1.29 is 0 Å². The first-order chi connectivity index (χ1) is 22.2. The molecule has 45 heavy (non-hydrogen) atoms. The molecule has 7 aromatic carbocycles. The second-order valence-electron chi connectivity index (χ2n) is 12.6. The smallest absolute Gasteiger partial charge is 0.0435 e. The van der Waals surface area contributed by atoms with Crippen LogP contribution >= 0.6 is 0 Å². The Bertz CT molecular complexity index is 2110. The van der Waals surface area contributed by atoms with E-state index >= 15 is 0 Å². The third kappa shape index (κ3) is 3.92. The second-order valence-corrected chi connectivity index (χ2v) is 12.6. The molecule has 0 fully saturated rings. The summed E-state index contributed by atoms with van der Waals surface area (Å²) in [7, 11) is 0. The minimum Gasteiger partial charge on any atom is -0.0619 e. The fourth-order valence-corrected chi connectivity index (χ4v) is 8.00. The van der Waals surface area contributed by atoms with E-state index in [4.69, 9.17) is 0 Å². The molecular weight excluding hydrogens is 540 g/mol. The largest absolute Gasteiger partial charge is 0.0619 e. The van der Waals surface area contributed by atoms with E-state index in [2.05, 4.69) is 177 Å². The maximum Gasteiger partial charge on any atom is 0.0435 e. The van der Waals surface area contributed by atoms with Gasteiger partial charge in [-0.3, -0.25) is 0 Å². The molecule has 7 aromatic rings. The Kier molecular flexibility index (Phi) is 5.80. The maximum atomic E-state index is 2.37. The molecule has 0 aliphatic heterocycles. The van der Waals surface area contributed by atoms with Crippen molar-refractivity contribution in [2.24, 2.45) is 0 Å². The van der Waals surface area contributed by atoms with Crippen molar-refractivity contribution in [3.8, 4) is 44.5 Å². The van der Waals surface area contributed by atoms with Gasteiger partial charge >= 0.3 is 0 Å². The van der Waals surface area contributed by atoms with Gasteiger partial charge in [-0.1, -0.05) is 170 Å². The average molecular weight is 573 g/mol. The SMILES string of the molecule is CC1(c2ccc(-c3ccc(-c4ccc(C5c6ccccc6-c6ccccc65)cc4)cc3)cc2)c2ccccc2-c2ccccc21. The zero-order valence-electron chi connectivity index (χ0n) is 25.2. The van der Waals surface area contributed by atoms with Crippen molar-refractivity contribution in [1.29, 1.82) is 0 Å². The lowest BCUT2D eigenvalue weighted by Gasteiger charge is -2.28. The van der Waals surface area contributed by atoms with Crippen LogP contribution in [0.15, 0.2) is 170 Å². The first kappa shape index (κ1) is 26.0. The Morgan fingerprint density at radius 2 is 0.711 bits per heavy atom. The summed E-state index contributed by atoms with van der Waals surface area (Å²) in [5, 5.41) is 0. The quantitative estimate of drug-likeness (QED) is 0.197. The highest BCUT2D eigenvalue weighted by Crippen LogP contribution is 2.52. The highest BCUT2D eigenvalue weighted by Gasteiger charge is 2.40. The van der Waals surface area contributed by atoms with Gasteiger partial charge in [0, 0.05) is 11.3 Å². The second kappa shape index (κ2) is 10.0. The standard InChI is InChI=1S/C45H32/c1-45(42-16-8-6-12-38(42)39-13-7-9-17-43(39)45)35-28-26-33(27-29-35)31-20-18-30(19-21-31)32-22-24-34(25-23-32)44-40-14-4-2-10-36(40)37-11-3-5-15-41(37)44/h2-29,44H,1H3. The fourth-order valence-electron chi connectivity index (χ4n) is 8.00. The van der Waals surface area contributed by atoms with E-state index in [0.29, 0.717) is 0 Å². The molecule has 212 valence electrons. The fraction of sp³-hybridized carbons (Fsp3) is 0.0667. The summed E-state index contributed by atoms with van der Waals surface area (Å²) >= 11 is 0. The van der Waals surface area contributed by atoms with Crippen LogP contribution in [0.4, 0.5) is 0 Å². The Balaban J connectivity index is 0.989. The van der Waals surface area contributed by atoms with Crippen LogP contribution in [0.5, 0.6) is 0 Å². The predicted octanol–water partition coefficient (Wildman–Crippen LogP) is 11.5. The van der Waals surface area contributed by atoms with Gasteiger partial charge in [-0.2, -0.15) is 0 Å². The third-order valence-corrected chi connectivity index (χ3v) is 10.3. The zero-order chi connectivity index (χ0) is 30.0. The molecule has 0 saturated carbocycles. The van der Waals surface area contributed by atoms with Crippen molar-refractivity contribution in [3.05, 3.63) is 203 Å². The molecule has 0 heterocycles. The number of fused-ring (bicyclic) bond motifs is 6. The summed E-state index contributed by atoms with van der Waals surface area (Å²) in [6.45, 7) is 2.37. The van der Waals surface area contributed by atoms with E-state index in [1.54, 1.807) is 0 Å². The van der Waals surface area contributed by atoms with Gasteiger partial charge in [0.1, 0.15) is 0 Å². The molecule has 0 amide bonds. The minimum atomic E-state index is -0.162. The van der Waals surface area contributed by atoms with Crippen LogP contribution in [0.2, 0.25) is 0 Å². The van der Waals surface area contributed by atoms with E-state index in [-0.39, 0.29) is 11.3 Å². The van der Waals surface area contributed by atoms with Gasteiger partial charge in [0.05, 0.1) is 0 Å². The maximum absolute atomic E-state index is 2.37. The normalized spacial score (nSPS) is 14.0. The van der Waals surface area contributed by atoms with Crippen LogP contribution in [-0.2, 0) is 5.41 Å². The molecule has 0 spiro atoms. The minimum absolute atomic E-state index is 0.162. The molecule has 0 nitrogen and oxygen atoms in total. The number of hydrogen-bond donors (Lipinski definition) is 0. The van der Waals surface area contributed by atoms with Crippen LogP contribution in [0.3, 0.4) is 0 Å². The van der Waals surface area contributed by atoms with Gasteiger partial charge in [-0.05, 0) is 84.8 Å². The molecule has 0 radical (unpaired) electrons. The molecule has 0 aromatic heterocycles. The number of hydrogen-bond acceptors (Lipinski definition) is 0. The van der Waals surface area contributed by atoms with Crippen molar-refractivity contribution >= 4 is 0 Å². The molecule has 0 heteroatoms. The molecule has 9 rings (SSSR count). The van der Waals surface area contributed by atoms with Gasteiger partial charge in [0.25, 0.3) is 0 Å². The summed E-state index contributed by atoms with van der Waals surface area (Å²) in [5.74, 6) is 0.283. The van der Waals surface area contributed by atoms with Crippen molar-refractivity contribution in [2.45, 2.75) is 18.3 Å². The number of rotatable bonds is 4. The Morgan fingerprint density at radius 3 is 1.18 bits per heavy atom. The van der Waals surface area contributed by atoms with Crippen molar-refractivity contribution in [1.82, 2.24) is 0 Å². The number of benzene rings is 7. The van der Waals surface area contributed by atoms with Gasteiger partial charge in [-0.15, -0.1) is 0 Å². The van der Waals surface area contributed by atoms with Gasteiger partial charge in [-0.25, -0.2) is 0 Å². The monoisotopic (exact) mass is 572 g/mol. The highest BCUT2D eigenvalue weighted by atomic mass is 14.4. The van der Waals surface area contributed by atoms with E-state index < -0.39 is 0 Å². The Morgan fingerprint density at radius 1 is 0.356 bits per heavy atom. The topological polar surface area (TPSA) is 0 Å². The predicted molar refractivity (Wildman–Crippen MR) is 188 cm³/mol. The molecule has 2 aliphatic rings. The van der Waals surface area contributed by atoms with Crippen LogP contribution in [0.1, 0.15) is 46.2 Å². The first-order valence-electron chi connectivity index (χ1n) is 15.9. The average Bonchev–Trinajstić information content (AvgIpc) is 3.59. The first-order valence-corrected chi connectivity index (χ1v) is 15.9. The van der Waals surface area contributed by atoms with Gasteiger partial charge in [0.2, 0.25) is 0 Å². The van der Waals surface area contributed by atoms with Gasteiger partial charge in [0.15, 0.2) is 0 Å². The van der Waals surface area contributed by atoms with Crippen molar-refractivity contribution in [2.75, 3.05) is 0 Å². The summed E-state index contributed by atoms with van der Waals surface area (Å²) in [6.07, 6.45) is 0. The Hall–Kier alpha value is -5.46. The third-order valence-electron chi connectivity index (χ3n) is 10.3. The van der Waals surface area contributed by atoms with E-state index in [1.165, 1.54) is 77.9 Å². The van der Waals surface area contributed by atoms with E-state index in [0.717, 1.165) is 0 Å². The summed E-state index contributed by atoms with van der Waals surface area (Å²) in [5.41, 5.74) is 18.4. The molecule has 2 aliphatic carbocycles. The molecule has 0 atom stereocenters. The molecular formula is C45H32. The summed E-state index contributed by atoms with van der Waals surface area (Å²) in [6, 6.07) is 62.8. The molecule has 0 unspecified atom stereocenters. The van der Waals surface area contributed by atoms with Crippen LogP contribution in [-0.4, -0.2) is 0 Å². The Labute approximate surface area is 265 Å². The lowest BCUT2D eigenvalue weighted by atomic mass is 9.74. The lowest BCUT2D eigenvalue weighted by Crippen LogP contribution is -2.22. The van der Waals surface area contributed by atoms with Crippen molar-refractivity contribution in [3.63, 3.8) is 0 Å². The van der Waals surface area contributed by atoms with Gasteiger partial charge < -0.3 is 0 Å². The lowest BCUT2D eigenvalue weighted by molar-refractivity contribution is 0.714. The van der Waals surface area contributed by atoms with E-state index in [9.17, 15) is 0 Å². The zero-order valence-corrected chi connectivity index (χ0v) is 25.2. The van der Waals surface area contributed by atoms with Crippen LogP contribution in [0, 0.1) is 0 Å². The molecule has 0 saturated heterocycles.